The standard InChI is InChI=1S/C21H22N2O5/c1-13-10-16(11-17(12-22)21(25)28-15(3)20(24)27-5)14(2)23(13)18-6-8-19(26-4)9-7-18/h6-11,15H,1-5H3/b17-11+/t15-/m1/s1. The third kappa shape index (κ3) is 4.41. The molecule has 28 heavy (non-hydrogen) atoms. The molecule has 0 spiro atoms. The maximum Gasteiger partial charge on any atom is 0.349 e. The van der Waals surface area contributed by atoms with Gasteiger partial charge >= 0.3 is 11.9 Å². The molecule has 0 saturated carbocycles. The molecule has 0 N–H and O–H groups in total. The smallest absolute Gasteiger partial charge is 0.349 e. The normalized spacial score (nSPS) is 12.1. The van der Waals surface area contributed by atoms with Crippen molar-refractivity contribution < 1.29 is 23.8 Å². The van der Waals surface area contributed by atoms with Crippen molar-refractivity contribution in [3.8, 4) is 17.5 Å². The summed E-state index contributed by atoms with van der Waals surface area (Å²) in [7, 11) is 2.80. The number of hydrogen-bond donors (Lipinski definition) is 0. The van der Waals surface area contributed by atoms with Crippen molar-refractivity contribution in [2.45, 2.75) is 26.9 Å². The van der Waals surface area contributed by atoms with E-state index in [1.165, 1.54) is 20.1 Å². The summed E-state index contributed by atoms with van der Waals surface area (Å²) in [6.45, 7) is 5.20. The van der Waals surface area contributed by atoms with Crippen LogP contribution in [0.5, 0.6) is 5.75 Å². The number of aromatic nitrogens is 1. The molecule has 0 bridgehead atoms. The quantitative estimate of drug-likeness (QED) is 0.433. The molecule has 0 aliphatic heterocycles. The molecular formula is C21H22N2O5. The van der Waals surface area contributed by atoms with Gasteiger partial charge in [0.2, 0.25) is 0 Å². The van der Waals surface area contributed by atoms with Crippen LogP contribution in [0.4, 0.5) is 0 Å². The number of methoxy groups -OCH3 is 2. The Labute approximate surface area is 163 Å². The molecule has 0 aliphatic carbocycles. The minimum Gasteiger partial charge on any atom is -0.497 e. The van der Waals surface area contributed by atoms with Crippen LogP contribution in [0.2, 0.25) is 0 Å². The highest BCUT2D eigenvalue weighted by atomic mass is 16.6. The van der Waals surface area contributed by atoms with Crippen molar-refractivity contribution in [3.63, 3.8) is 0 Å². The summed E-state index contributed by atoms with van der Waals surface area (Å²) in [5, 5.41) is 9.35. The van der Waals surface area contributed by atoms with E-state index in [-0.39, 0.29) is 5.57 Å². The summed E-state index contributed by atoms with van der Waals surface area (Å²) in [6.07, 6.45) is 0.357. The molecule has 7 heteroatoms. The van der Waals surface area contributed by atoms with E-state index in [9.17, 15) is 14.9 Å². The highest BCUT2D eigenvalue weighted by Gasteiger charge is 2.21. The van der Waals surface area contributed by atoms with Crippen LogP contribution in [0, 0.1) is 25.2 Å². The Morgan fingerprint density at radius 1 is 1.18 bits per heavy atom. The molecule has 1 aromatic heterocycles. The van der Waals surface area contributed by atoms with E-state index in [4.69, 9.17) is 9.47 Å². The van der Waals surface area contributed by atoms with Gasteiger partial charge in [-0.1, -0.05) is 0 Å². The Morgan fingerprint density at radius 2 is 1.82 bits per heavy atom. The number of benzene rings is 1. The summed E-state index contributed by atoms with van der Waals surface area (Å²) in [5.74, 6) is -0.821. The van der Waals surface area contributed by atoms with Crippen LogP contribution in [0.25, 0.3) is 11.8 Å². The van der Waals surface area contributed by atoms with Gasteiger partial charge in [-0.2, -0.15) is 5.26 Å². The van der Waals surface area contributed by atoms with E-state index < -0.39 is 18.0 Å². The number of carbonyl (C=O) groups is 2. The van der Waals surface area contributed by atoms with Crippen LogP contribution in [0.15, 0.2) is 35.9 Å². The summed E-state index contributed by atoms with van der Waals surface area (Å²) in [4.78, 5) is 23.6. The molecule has 2 rings (SSSR count). The first-order valence-electron chi connectivity index (χ1n) is 8.56. The zero-order valence-electron chi connectivity index (χ0n) is 16.5. The second kappa shape index (κ2) is 8.91. The van der Waals surface area contributed by atoms with Gasteiger partial charge in [-0.3, -0.25) is 0 Å². The van der Waals surface area contributed by atoms with Gasteiger partial charge in [-0.05, 0) is 62.7 Å². The molecule has 0 saturated heterocycles. The molecular weight excluding hydrogens is 360 g/mol. The van der Waals surface area contributed by atoms with E-state index in [0.717, 1.165) is 22.8 Å². The highest BCUT2D eigenvalue weighted by Crippen LogP contribution is 2.24. The summed E-state index contributed by atoms with van der Waals surface area (Å²) in [5.41, 5.74) is 3.21. The number of nitrogens with zero attached hydrogens (tertiary/aromatic N) is 2. The van der Waals surface area contributed by atoms with E-state index in [2.05, 4.69) is 4.74 Å². The lowest BCUT2D eigenvalue weighted by molar-refractivity contribution is -0.161. The molecule has 0 radical (unpaired) electrons. The van der Waals surface area contributed by atoms with Gasteiger partial charge in [0.15, 0.2) is 6.10 Å². The number of nitriles is 1. The van der Waals surface area contributed by atoms with Gasteiger partial charge in [0.25, 0.3) is 0 Å². The molecule has 0 fully saturated rings. The van der Waals surface area contributed by atoms with Crippen molar-refractivity contribution >= 4 is 18.0 Å². The monoisotopic (exact) mass is 382 g/mol. The van der Waals surface area contributed by atoms with Crippen LogP contribution in [0.1, 0.15) is 23.9 Å². The van der Waals surface area contributed by atoms with Crippen LogP contribution >= 0.6 is 0 Å². The fourth-order valence-corrected chi connectivity index (χ4v) is 2.79. The van der Waals surface area contributed by atoms with Crippen molar-refractivity contribution in [2.75, 3.05) is 14.2 Å². The third-order valence-corrected chi connectivity index (χ3v) is 4.26. The van der Waals surface area contributed by atoms with Crippen LogP contribution in [-0.2, 0) is 19.1 Å². The van der Waals surface area contributed by atoms with E-state index in [1.54, 1.807) is 7.11 Å². The number of ether oxygens (including phenoxy) is 3. The van der Waals surface area contributed by atoms with Crippen LogP contribution in [-0.4, -0.2) is 36.8 Å². The van der Waals surface area contributed by atoms with Gasteiger partial charge in [0.05, 0.1) is 14.2 Å². The summed E-state index contributed by atoms with van der Waals surface area (Å²) >= 11 is 0. The predicted octanol–water partition coefficient (Wildman–Crippen LogP) is 3.11. The fourth-order valence-electron chi connectivity index (χ4n) is 2.79. The average molecular weight is 382 g/mol. The zero-order chi connectivity index (χ0) is 20.8. The summed E-state index contributed by atoms with van der Waals surface area (Å²) in [6, 6.07) is 11.3. The van der Waals surface area contributed by atoms with E-state index >= 15 is 0 Å². The van der Waals surface area contributed by atoms with Gasteiger partial charge in [-0.25, -0.2) is 9.59 Å². The lowest BCUT2D eigenvalue weighted by Crippen LogP contribution is -2.25. The Hall–Kier alpha value is -3.53. The number of carbonyl (C=O) groups excluding carboxylic acids is 2. The number of esters is 2. The van der Waals surface area contributed by atoms with Gasteiger partial charge in [0.1, 0.15) is 17.4 Å². The lowest BCUT2D eigenvalue weighted by Gasteiger charge is -2.11. The van der Waals surface area contributed by atoms with Crippen molar-refractivity contribution in [2.24, 2.45) is 0 Å². The molecule has 1 heterocycles. The van der Waals surface area contributed by atoms with Crippen molar-refractivity contribution in [3.05, 3.63) is 52.9 Å². The largest absolute Gasteiger partial charge is 0.497 e. The maximum absolute atomic E-state index is 12.2. The van der Waals surface area contributed by atoms with Crippen molar-refractivity contribution in [1.82, 2.24) is 4.57 Å². The molecule has 2 aromatic rings. The maximum atomic E-state index is 12.2. The van der Waals surface area contributed by atoms with Gasteiger partial charge in [-0.15, -0.1) is 0 Å². The van der Waals surface area contributed by atoms with E-state index in [1.807, 2.05) is 54.8 Å². The van der Waals surface area contributed by atoms with Crippen LogP contribution in [0.3, 0.4) is 0 Å². The molecule has 0 aliphatic rings. The highest BCUT2D eigenvalue weighted by molar-refractivity contribution is 5.99. The Morgan fingerprint density at radius 3 is 2.36 bits per heavy atom. The Balaban J connectivity index is 2.35. The molecule has 7 nitrogen and oxygen atoms in total. The van der Waals surface area contributed by atoms with Crippen molar-refractivity contribution in [1.29, 1.82) is 5.26 Å². The number of hydrogen-bond acceptors (Lipinski definition) is 6. The predicted molar refractivity (Wildman–Crippen MR) is 103 cm³/mol. The van der Waals surface area contributed by atoms with Gasteiger partial charge in [0, 0.05) is 17.1 Å². The van der Waals surface area contributed by atoms with Crippen LogP contribution < -0.4 is 4.74 Å². The van der Waals surface area contributed by atoms with E-state index in [0.29, 0.717) is 5.56 Å². The first-order valence-corrected chi connectivity index (χ1v) is 8.56. The third-order valence-electron chi connectivity index (χ3n) is 4.26. The topological polar surface area (TPSA) is 90.5 Å². The van der Waals surface area contributed by atoms with Gasteiger partial charge < -0.3 is 18.8 Å². The minimum absolute atomic E-state index is 0.203. The molecule has 1 atom stereocenters. The summed E-state index contributed by atoms with van der Waals surface area (Å²) < 4.78 is 16.7. The number of rotatable bonds is 6. The second-order valence-corrected chi connectivity index (χ2v) is 6.10. The first-order chi connectivity index (χ1) is 13.3. The fraction of sp³-hybridized carbons (Fsp3) is 0.286. The molecule has 1 aromatic carbocycles. The Kier molecular flexibility index (Phi) is 6.61. The average Bonchev–Trinajstić information content (AvgIpc) is 2.98. The molecule has 146 valence electrons. The first kappa shape index (κ1) is 20.8. The number of aryl methyl sites for hydroxylation is 1. The Bertz CT molecular complexity index is 948. The zero-order valence-corrected chi connectivity index (χ0v) is 16.5. The SMILES string of the molecule is COC(=O)[C@@H](C)OC(=O)/C(C#N)=C/c1cc(C)n(-c2ccc(OC)cc2)c1C. The molecule has 0 unspecified atom stereocenters. The molecule has 0 amide bonds. The lowest BCUT2D eigenvalue weighted by atomic mass is 10.1. The second-order valence-electron chi connectivity index (χ2n) is 6.10. The minimum atomic E-state index is -1.10.